The summed E-state index contributed by atoms with van der Waals surface area (Å²) in [5.74, 6) is -1.07. The lowest BCUT2D eigenvalue weighted by molar-refractivity contribution is -0.146. The van der Waals surface area contributed by atoms with Crippen molar-refractivity contribution in [2.45, 2.75) is 33.3 Å². The summed E-state index contributed by atoms with van der Waals surface area (Å²) in [4.78, 5) is 25.6. The second-order valence-electron chi connectivity index (χ2n) is 5.91. The van der Waals surface area contributed by atoms with Gasteiger partial charge in [0.1, 0.15) is 0 Å². The Morgan fingerprint density at radius 3 is 2.43 bits per heavy atom. The Bertz CT molecular complexity index is 536. The van der Waals surface area contributed by atoms with Gasteiger partial charge in [0, 0.05) is 18.8 Å². The molecule has 1 aromatic carbocycles. The molecule has 1 saturated heterocycles. The van der Waals surface area contributed by atoms with Crippen molar-refractivity contribution in [3.8, 4) is 0 Å². The standard InChI is InChI=1S/C16H22N2O3/c1-10-6-11(2)8-13(7-10)17-15(20)16(21)18-5-4-12(3)14(19)9-18/h6-8,12,14,19H,4-5,9H2,1-3H3,(H,17,20). The number of nitrogens with zero attached hydrogens (tertiary/aromatic N) is 1. The van der Waals surface area contributed by atoms with Gasteiger partial charge in [-0.2, -0.15) is 0 Å². The fraction of sp³-hybridized carbons (Fsp3) is 0.500. The molecule has 0 spiro atoms. The average Bonchev–Trinajstić information content (AvgIpc) is 2.39. The minimum atomic E-state index is -0.651. The van der Waals surface area contributed by atoms with Crippen LogP contribution in [0.25, 0.3) is 0 Å². The molecule has 0 aliphatic carbocycles. The molecule has 114 valence electrons. The summed E-state index contributed by atoms with van der Waals surface area (Å²) in [5, 5.41) is 12.5. The van der Waals surface area contributed by atoms with Crippen LogP contribution in [0.3, 0.4) is 0 Å². The lowest BCUT2D eigenvalue weighted by atomic mass is 9.96. The predicted octanol–water partition coefficient (Wildman–Crippen LogP) is 1.47. The van der Waals surface area contributed by atoms with Gasteiger partial charge >= 0.3 is 11.8 Å². The number of aliphatic hydroxyl groups excluding tert-OH is 1. The lowest BCUT2D eigenvalue weighted by Gasteiger charge is -2.33. The van der Waals surface area contributed by atoms with Crippen molar-refractivity contribution in [1.82, 2.24) is 4.90 Å². The molecule has 2 amide bonds. The van der Waals surface area contributed by atoms with E-state index in [2.05, 4.69) is 5.32 Å². The molecule has 2 rings (SSSR count). The number of anilines is 1. The van der Waals surface area contributed by atoms with Gasteiger partial charge in [0.15, 0.2) is 0 Å². The molecule has 1 aliphatic rings. The van der Waals surface area contributed by atoms with Gasteiger partial charge in [-0.25, -0.2) is 0 Å². The van der Waals surface area contributed by atoms with Gasteiger partial charge in [0.2, 0.25) is 0 Å². The fourth-order valence-corrected chi connectivity index (χ4v) is 2.61. The predicted molar refractivity (Wildman–Crippen MR) is 80.9 cm³/mol. The van der Waals surface area contributed by atoms with Crippen LogP contribution in [0.15, 0.2) is 18.2 Å². The largest absolute Gasteiger partial charge is 0.391 e. The highest BCUT2D eigenvalue weighted by molar-refractivity contribution is 6.39. The second kappa shape index (κ2) is 6.26. The first-order chi connectivity index (χ1) is 9.86. The number of amides is 2. The smallest absolute Gasteiger partial charge is 0.313 e. The van der Waals surface area contributed by atoms with Gasteiger partial charge < -0.3 is 15.3 Å². The van der Waals surface area contributed by atoms with Crippen molar-refractivity contribution >= 4 is 17.5 Å². The first-order valence-corrected chi connectivity index (χ1v) is 7.23. The van der Waals surface area contributed by atoms with Crippen LogP contribution in [-0.2, 0) is 9.59 Å². The number of β-amino-alcohol motifs (C(OH)–C–C–N with tert-alkyl or cyclic N) is 1. The molecule has 1 fully saturated rings. The Labute approximate surface area is 125 Å². The maximum absolute atomic E-state index is 12.1. The molecule has 0 bridgehead atoms. The Morgan fingerprint density at radius 1 is 1.24 bits per heavy atom. The molecule has 2 atom stereocenters. The number of aryl methyl sites for hydroxylation is 2. The maximum atomic E-state index is 12.1. The van der Waals surface area contributed by atoms with Gasteiger partial charge in [0.05, 0.1) is 6.10 Å². The van der Waals surface area contributed by atoms with E-state index in [1.807, 2.05) is 39.0 Å². The molecule has 5 heteroatoms. The van der Waals surface area contributed by atoms with E-state index < -0.39 is 17.9 Å². The maximum Gasteiger partial charge on any atom is 0.313 e. The zero-order valence-electron chi connectivity index (χ0n) is 12.7. The number of carbonyl (C=O) groups is 2. The lowest BCUT2D eigenvalue weighted by Crippen LogP contribution is -2.49. The van der Waals surface area contributed by atoms with Crippen LogP contribution in [0.5, 0.6) is 0 Å². The third kappa shape index (κ3) is 3.82. The number of rotatable bonds is 1. The minimum absolute atomic E-state index is 0.163. The summed E-state index contributed by atoms with van der Waals surface area (Å²) in [6.45, 7) is 6.55. The molecule has 2 unspecified atom stereocenters. The second-order valence-corrected chi connectivity index (χ2v) is 5.91. The molecule has 0 saturated carbocycles. The van der Waals surface area contributed by atoms with Crippen molar-refractivity contribution in [3.63, 3.8) is 0 Å². The van der Waals surface area contributed by atoms with Gasteiger partial charge in [0.25, 0.3) is 0 Å². The van der Waals surface area contributed by atoms with Crippen molar-refractivity contribution in [3.05, 3.63) is 29.3 Å². The normalized spacial score (nSPS) is 22.0. The number of hydrogen-bond donors (Lipinski definition) is 2. The van der Waals surface area contributed by atoms with Crippen LogP contribution in [0.4, 0.5) is 5.69 Å². The number of carbonyl (C=O) groups excluding carboxylic acids is 2. The number of nitrogens with one attached hydrogen (secondary N) is 1. The first kappa shape index (κ1) is 15.5. The van der Waals surface area contributed by atoms with Crippen LogP contribution in [0.1, 0.15) is 24.5 Å². The summed E-state index contributed by atoms with van der Waals surface area (Å²) in [5.41, 5.74) is 2.68. The van der Waals surface area contributed by atoms with E-state index in [-0.39, 0.29) is 12.5 Å². The highest BCUT2D eigenvalue weighted by atomic mass is 16.3. The van der Waals surface area contributed by atoms with E-state index >= 15 is 0 Å². The summed E-state index contributed by atoms with van der Waals surface area (Å²) >= 11 is 0. The molecular weight excluding hydrogens is 268 g/mol. The van der Waals surface area contributed by atoms with Gasteiger partial charge in [-0.3, -0.25) is 9.59 Å². The Balaban J connectivity index is 2.01. The van der Waals surface area contributed by atoms with Crippen LogP contribution < -0.4 is 5.32 Å². The molecule has 1 aromatic rings. The van der Waals surface area contributed by atoms with Crippen molar-refractivity contribution in [2.75, 3.05) is 18.4 Å². The van der Waals surface area contributed by atoms with Gasteiger partial charge in [-0.1, -0.05) is 13.0 Å². The number of hydrogen-bond acceptors (Lipinski definition) is 3. The van der Waals surface area contributed by atoms with Crippen molar-refractivity contribution in [1.29, 1.82) is 0 Å². The summed E-state index contributed by atoms with van der Waals surface area (Å²) in [7, 11) is 0. The van der Waals surface area contributed by atoms with Crippen molar-refractivity contribution < 1.29 is 14.7 Å². The van der Waals surface area contributed by atoms with Crippen LogP contribution in [-0.4, -0.2) is 41.0 Å². The van der Waals surface area contributed by atoms with E-state index in [0.29, 0.717) is 18.7 Å². The van der Waals surface area contributed by atoms with E-state index in [0.717, 1.165) is 11.1 Å². The summed E-state index contributed by atoms with van der Waals surface area (Å²) < 4.78 is 0. The van der Waals surface area contributed by atoms with E-state index in [1.54, 1.807) is 0 Å². The molecule has 1 heterocycles. The zero-order valence-corrected chi connectivity index (χ0v) is 12.7. The van der Waals surface area contributed by atoms with E-state index in [4.69, 9.17) is 0 Å². The molecule has 5 nitrogen and oxygen atoms in total. The minimum Gasteiger partial charge on any atom is -0.391 e. The Morgan fingerprint density at radius 2 is 1.86 bits per heavy atom. The Hall–Kier alpha value is -1.88. The summed E-state index contributed by atoms with van der Waals surface area (Å²) in [6, 6.07) is 5.65. The third-order valence-corrected chi connectivity index (χ3v) is 3.88. The number of piperidine rings is 1. The molecule has 0 radical (unpaired) electrons. The number of aliphatic hydroxyl groups is 1. The molecule has 0 aromatic heterocycles. The topological polar surface area (TPSA) is 69.6 Å². The third-order valence-electron chi connectivity index (χ3n) is 3.88. The van der Waals surface area contributed by atoms with Gasteiger partial charge in [-0.15, -0.1) is 0 Å². The molecule has 21 heavy (non-hydrogen) atoms. The average molecular weight is 290 g/mol. The highest BCUT2D eigenvalue weighted by Gasteiger charge is 2.30. The monoisotopic (exact) mass is 290 g/mol. The quantitative estimate of drug-likeness (QED) is 0.770. The number of likely N-dealkylation sites (tertiary alicyclic amines) is 1. The Kier molecular flexibility index (Phi) is 4.63. The molecular formula is C16H22N2O3. The van der Waals surface area contributed by atoms with E-state index in [1.165, 1.54) is 4.90 Å². The SMILES string of the molecule is Cc1cc(C)cc(NC(=O)C(=O)N2CCC(C)C(O)C2)c1. The molecule has 2 N–H and O–H groups in total. The zero-order chi connectivity index (χ0) is 15.6. The van der Waals surface area contributed by atoms with Crippen LogP contribution in [0.2, 0.25) is 0 Å². The van der Waals surface area contributed by atoms with Crippen molar-refractivity contribution in [2.24, 2.45) is 5.92 Å². The highest BCUT2D eigenvalue weighted by Crippen LogP contribution is 2.18. The van der Waals surface area contributed by atoms with E-state index in [9.17, 15) is 14.7 Å². The number of benzene rings is 1. The van der Waals surface area contributed by atoms with Crippen LogP contribution >= 0.6 is 0 Å². The van der Waals surface area contributed by atoms with Gasteiger partial charge in [-0.05, 0) is 49.4 Å². The summed E-state index contributed by atoms with van der Waals surface area (Å²) in [6.07, 6.45) is 0.153. The first-order valence-electron chi connectivity index (χ1n) is 7.23. The molecule has 1 aliphatic heterocycles. The fourth-order valence-electron chi connectivity index (χ4n) is 2.61. The van der Waals surface area contributed by atoms with Crippen LogP contribution in [0, 0.1) is 19.8 Å².